The molecule has 0 aliphatic carbocycles. The first kappa shape index (κ1) is 17.0. The first-order valence-electron chi connectivity index (χ1n) is 6.49. The average molecular weight is 298 g/mol. The molecule has 2 atom stereocenters. The predicted molar refractivity (Wildman–Crippen MR) is 75.1 cm³/mol. The molecule has 1 unspecified atom stereocenters. The van der Waals surface area contributed by atoms with Gasteiger partial charge in [0.1, 0.15) is 5.76 Å². The van der Waals surface area contributed by atoms with E-state index in [0.29, 0.717) is 5.76 Å². The predicted octanol–water partition coefficient (Wildman–Crippen LogP) is 1.89. The highest BCUT2D eigenvalue weighted by molar-refractivity contribution is 5.83. The number of carbonyl (C=O) groups excluding carboxylic acids is 2. The van der Waals surface area contributed by atoms with Crippen molar-refractivity contribution in [3.63, 3.8) is 0 Å². The molecule has 1 aromatic heterocycles. The maximum Gasteiger partial charge on any atom is 0.405 e. The Kier molecular flexibility index (Phi) is 5.37. The van der Waals surface area contributed by atoms with Gasteiger partial charge in [-0.1, -0.05) is 20.8 Å². The van der Waals surface area contributed by atoms with Gasteiger partial charge in [-0.2, -0.15) is 0 Å². The number of hydrogen-bond donors (Lipinski definition) is 1. The summed E-state index contributed by atoms with van der Waals surface area (Å²) < 4.78 is 10.5. The van der Waals surface area contributed by atoms with Gasteiger partial charge < -0.3 is 14.9 Å². The van der Waals surface area contributed by atoms with Gasteiger partial charge >= 0.3 is 6.09 Å². The summed E-state index contributed by atoms with van der Waals surface area (Å²) in [5.41, 5.74) is 4.69. The molecule has 7 heteroatoms. The Balaban J connectivity index is 3.24. The second-order valence-corrected chi connectivity index (χ2v) is 5.73. The first-order valence-corrected chi connectivity index (χ1v) is 6.49. The van der Waals surface area contributed by atoms with Crippen LogP contribution in [0.4, 0.5) is 4.79 Å². The van der Waals surface area contributed by atoms with Crippen LogP contribution in [0.5, 0.6) is 0 Å². The zero-order valence-electron chi connectivity index (χ0n) is 13.0. The molecule has 0 bridgehead atoms. The molecule has 1 rings (SSSR count). The van der Waals surface area contributed by atoms with Crippen molar-refractivity contribution in [3.8, 4) is 0 Å². The summed E-state index contributed by atoms with van der Waals surface area (Å²) in [6, 6.07) is 3.44. The van der Waals surface area contributed by atoms with Gasteiger partial charge in [0.2, 0.25) is 0 Å². The molecule has 2 N–H and O–H groups in total. The van der Waals surface area contributed by atoms with Crippen LogP contribution in [0.25, 0.3) is 0 Å². The minimum atomic E-state index is -1.14. The lowest BCUT2D eigenvalue weighted by atomic mass is 9.75. The van der Waals surface area contributed by atoms with Crippen LogP contribution in [0.1, 0.15) is 32.4 Å². The van der Waals surface area contributed by atoms with Crippen LogP contribution in [0.15, 0.2) is 22.8 Å². The van der Waals surface area contributed by atoms with Crippen LogP contribution >= 0.6 is 0 Å². The quantitative estimate of drug-likeness (QED) is 0.838. The number of likely N-dealkylation sites (N-methyl/N-ethyl adjacent to an activating group) is 1. The lowest BCUT2D eigenvalue weighted by Crippen LogP contribution is -2.46. The second-order valence-electron chi connectivity index (χ2n) is 5.73. The third kappa shape index (κ3) is 4.22. The maximum atomic E-state index is 12.4. The molecule has 0 saturated heterocycles. The standard InChI is InChI=1S/C14H22N2O5/c1-14(2,3)10(9-7-6-8-20-9)11(21-13(15)18)12(17)16(4)19-5/h6-8,10-11H,1-5H3,(H2,15,18)/t10?,11-/m0/s1. The average Bonchev–Trinajstić information content (AvgIpc) is 2.87. The number of nitrogens with zero attached hydrogens (tertiary/aromatic N) is 1. The van der Waals surface area contributed by atoms with Crippen LogP contribution in [0.3, 0.4) is 0 Å². The van der Waals surface area contributed by atoms with Crippen LogP contribution in [0, 0.1) is 5.41 Å². The zero-order valence-corrected chi connectivity index (χ0v) is 13.0. The van der Waals surface area contributed by atoms with Crippen molar-refractivity contribution in [1.82, 2.24) is 5.06 Å². The normalized spacial score (nSPS) is 14.3. The molecule has 0 radical (unpaired) electrons. The Morgan fingerprint density at radius 3 is 2.38 bits per heavy atom. The first-order chi connectivity index (χ1) is 9.68. The summed E-state index contributed by atoms with van der Waals surface area (Å²) in [5.74, 6) is -0.496. The number of rotatable bonds is 5. The second kappa shape index (κ2) is 6.62. The number of hydrogen-bond acceptors (Lipinski definition) is 5. The number of furan rings is 1. The van der Waals surface area contributed by atoms with Crippen LogP contribution in [0.2, 0.25) is 0 Å². The highest BCUT2D eigenvalue weighted by Gasteiger charge is 2.43. The highest BCUT2D eigenvalue weighted by atomic mass is 16.7. The smallest absolute Gasteiger partial charge is 0.405 e. The van der Waals surface area contributed by atoms with Crippen LogP contribution < -0.4 is 5.73 Å². The zero-order chi connectivity index (χ0) is 16.2. The fraction of sp³-hybridized carbons (Fsp3) is 0.571. The third-order valence-corrected chi connectivity index (χ3v) is 3.16. The Hall–Kier alpha value is -2.02. The van der Waals surface area contributed by atoms with Crippen molar-refractivity contribution in [2.45, 2.75) is 32.8 Å². The summed E-state index contributed by atoms with van der Waals surface area (Å²) in [6.07, 6.45) is -0.669. The molecule has 118 valence electrons. The van der Waals surface area contributed by atoms with E-state index < -0.39 is 29.4 Å². The molecule has 21 heavy (non-hydrogen) atoms. The Morgan fingerprint density at radius 1 is 1.38 bits per heavy atom. The molecule has 0 spiro atoms. The number of ether oxygens (including phenoxy) is 1. The van der Waals surface area contributed by atoms with E-state index in [9.17, 15) is 9.59 Å². The van der Waals surface area contributed by atoms with Gasteiger partial charge in [-0.3, -0.25) is 9.63 Å². The van der Waals surface area contributed by atoms with Crippen molar-refractivity contribution in [1.29, 1.82) is 0 Å². The molecule has 0 fully saturated rings. The molecule has 0 aliphatic rings. The third-order valence-electron chi connectivity index (χ3n) is 3.16. The minimum Gasteiger partial charge on any atom is -0.469 e. The van der Waals surface area contributed by atoms with Crippen molar-refractivity contribution in [2.24, 2.45) is 11.1 Å². The number of primary amides is 1. The van der Waals surface area contributed by atoms with E-state index in [-0.39, 0.29) is 0 Å². The van der Waals surface area contributed by atoms with E-state index in [1.807, 2.05) is 20.8 Å². The molecule has 7 nitrogen and oxygen atoms in total. The van der Waals surface area contributed by atoms with Gasteiger partial charge in [0, 0.05) is 7.05 Å². The Bertz CT molecular complexity index is 478. The SMILES string of the molecule is CON(C)C(=O)[C@@H](OC(N)=O)C(c1ccco1)C(C)(C)C. The van der Waals surface area contributed by atoms with E-state index in [1.54, 1.807) is 12.1 Å². The molecular weight excluding hydrogens is 276 g/mol. The van der Waals surface area contributed by atoms with E-state index >= 15 is 0 Å². The lowest BCUT2D eigenvalue weighted by molar-refractivity contribution is -0.180. The molecule has 0 aliphatic heterocycles. The van der Waals surface area contributed by atoms with Gasteiger partial charge in [-0.15, -0.1) is 0 Å². The molecule has 1 aromatic rings. The summed E-state index contributed by atoms with van der Waals surface area (Å²) in [7, 11) is 2.78. The number of nitrogens with two attached hydrogens (primary N) is 1. The summed E-state index contributed by atoms with van der Waals surface area (Å²) in [5, 5.41) is 0.995. The molecule has 0 saturated carbocycles. The topological polar surface area (TPSA) is 95.0 Å². The van der Waals surface area contributed by atoms with Crippen molar-refractivity contribution in [2.75, 3.05) is 14.2 Å². The molecule has 2 amide bonds. The van der Waals surface area contributed by atoms with E-state index in [4.69, 9.17) is 19.7 Å². The minimum absolute atomic E-state index is 0.414. The van der Waals surface area contributed by atoms with E-state index in [0.717, 1.165) is 5.06 Å². The number of amides is 2. The Labute approximate surface area is 123 Å². The monoisotopic (exact) mass is 298 g/mol. The van der Waals surface area contributed by atoms with Gasteiger partial charge in [-0.25, -0.2) is 9.86 Å². The van der Waals surface area contributed by atoms with Crippen LogP contribution in [-0.4, -0.2) is 37.3 Å². The van der Waals surface area contributed by atoms with Gasteiger partial charge in [-0.05, 0) is 17.5 Å². The fourth-order valence-electron chi connectivity index (χ4n) is 2.15. The summed E-state index contributed by atoms with van der Waals surface area (Å²) >= 11 is 0. The van der Waals surface area contributed by atoms with E-state index in [2.05, 4.69) is 0 Å². The van der Waals surface area contributed by atoms with Gasteiger partial charge in [0.15, 0.2) is 6.10 Å². The summed E-state index contributed by atoms with van der Waals surface area (Å²) in [6.45, 7) is 5.74. The lowest BCUT2D eigenvalue weighted by Gasteiger charge is -2.35. The largest absolute Gasteiger partial charge is 0.469 e. The fourth-order valence-corrected chi connectivity index (χ4v) is 2.15. The highest BCUT2D eigenvalue weighted by Crippen LogP contribution is 2.39. The molecule has 0 aromatic carbocycles. The van der Waals surface area contributed by atoms with Crippen LogP contribution in [-0.2, 0) is 14.4 Å². The maximum absolute atomic E-state index is 12.4. The van der Waals surface area contributed by atoms with Gasteiger partial charge in [0.25, 0.3) is 5.91 Å². The number of carbonyl (C=O) groups is 2. The van der Waals surface area contributed by atoms with Crippen molar-refractivity contribution in [3.05, 3.63) is 24.2 Å². The number of hydroxylamine groups is 2. The van der Waals surface area contributed by atoms with E-state index in [1.165, 1.54) is 20.4 Å². The van der Waals surface area contributed by atoms with Crippen molar-refractivity contribution < 1.29 is 23.6 Å². The van der Waals surface area contributed by atoms with Crippen molar-refractivity contribution >= 4 is 12.0 Å². The molecule has 1 heterocycles. The summed E-state index contributed by atoms with van der Waals surface area (Å²) in [4.78, 5) is 28.5. The van der Waals surface area contributed by atoms with Gasteiger partial charge in [0.05, 0.1) is 19.3 Å². The Morgan fingerprint density at radius 2 is 2.00 bits per heavy atom. The molecular formula is C14H22N2O5.